The molecule has 1 aliphatic heterocycles. The second-order valence-corrected chi connectivity index (χ2v) is 9.44. The standard InChI is InChI=1S/C23H17ClF4N6O3/c24-14-5-13(1-2-15(14)26)18-19(32-10-22(11-32)8-23(27,28)9-22)33(4-3-29)21(36)34(20(18)35)16-6-30-7-17(31-16)37-12-25/h1-2,5-7H,4,8-12H2. The Morgan fingerprint density at radius 1 is 1.19 bits per heavy atom. The molecule has 1 aliphatic carbocycles. The average molecular weight is 537 g/mol. The fourth-order valence-electron chi connectivity index (χ4n) is 5.04. The van der Waals surface area contributed by atoms with Crippen LogP contribution in [0.15, 0.2) is 40.2 Å². The zero-order valence-corrected chi connectivity index (χ0v) is 19.7. The molecule has 0 N–H and O–H groups in total. The summed E-state index contributed by atoms with van der Waals surface area (Å²) in [6.07, 6.45) is 1.49. The summed E-state index contributed by atoms with van der Waals surface area (Å²) in [5.74, 6) is -4.13. The molecule has 9 nitrogen and oxygen atoms in total. The van der Waals surface area contributed by atoms with Crippen molar-refractivity contribution in [3.05, 3.63) is 62.3 Å². The Hall–Kier alpha value is -3.92. The van der Waals surface area contributed by atoms with Gasteiger partial charge in [0, 0.05) is 31.3 Å². The molecule has 14 heteroatoms. The maximum atomic E-state index is 13.9. The fraction of sp³-hybridized carbons (Fsp3) is 0.348. The lowest BCUT2D eigenvalue weighted by Gasteiger charge is -2.59. The lowest BCUT2D eigenvalue weighted by atomic mass is 9.61. The molecule has 37 heavy (non-hydrogen) atoms. The Morgan fingerprint density at radius 2 is 1.92 bits per heavy atom. The van der Waals surface area contributed by atoms with Crippen molar-refractivity contribution in [2.75, 3.05) is 24.9 Å². The highest BCUT2D eigenvalue weighted by atomic mass is 35.5. The smallest absolute Gasteiger partial charge is 0.339 e. The maximum absolute atomic E-state index is 13.9. The summed E-state index contributed by atoms with van der Waals surface area (Å²) in [5.41, 5.74) is -2.56. The van der Waals surface area contributed by atoms with Gasteiger partial charge in [-0.1, -0.05) is 17.7 Å². The van der Waals surface area contributed by atoms with Crippen LogP contribution in [-0.2, 0) is 6.54 Å². The van der Waals surface area contributed by atoms with E-state index in [0.717, 1.165) is 23.0 Å². The molecule has 2 aliphatic rings. The second kappa shape index (κ2) is 8.88. The van der Waals surface area contributed by atoms with E-state index in [2.05, 4.69) is 14.7 Å². The monoisotopic (exact) mass is 536 g/mol. The van der Waals surface area contributed by atoms with E-state index in [9.17, 15) is 32.4 Å². The van der Waals surface area contributed by atoms with Crippen LogP contribution in [0, 0.1) is 22.6 Å². The molecule has 3 heterocycles. The van der Waals surface area contributed by atoms with Crippen molar-refractivity contribution in [3.8, 4) is 28.9 Å². The van der Waals surface area contributed by atoms with E-state index >= 15 is 0 Å². The van der Waals surface area contributed by atoms with Gasteiger partial charge < -0.3 is 9.64 Å². The Labute approximate surface area is 211 Å². The van der Waals surface area contributed by atoms with Crippen LogP contribution < -0.4 is 20.9 Å². The van der Waals surface area contributed by atoms with Gasteiger partial charge in [-0.05, 0) is 17.7 Å². The Kier molecular flexibility index (Phi) is 5.94. The first-order valence-electron chi connectivity index (χ1n) is 10.9. The number of hydrogen-bond donors (Lipinski definition) is 0. The minimum Gasteiger partial charge on any atom is -0.445 e. The number of halogens is 5. The number of nitriles is 1. The van der Waals surface area contributed by atoms with Crippen LogP contribution in [0.2, 0.25) is 5.02 Å². The highest BCUT2D eigenvalue weighted by molar-refractivity contribution is 6.31. The van der Waals surface area contributed by atoms with Crippen LogP contribution in [0.5, 0.6) is 5.88 Å². The van der Waals surface area contributed by atoms with Gasteiger partial charge in [0.25, 0.3) is 5.56 Å². The highest BCUT2D eigenvalue weighted by Gasteiger charge is 2.62. The third kappa shape index (κ3) is 4.21. The van der Waals surface area contributed by atoms with E-state index in [1.54, 1.807) is 4.90 Å². The van der Waals surface area contributed by atoms with Crippen LogP contribution >= 0.6 is 11.6 Å². The van der Waals surface area contributed by atoms with E-state index in [4.69, 9.17) is 11.6 Å². The van der Waals surface area contributed by atoms with Crippen molar-refractivity contribution < 1.29 is 22.3 Å². The van der Waals surface area contributed by atoms with Crippen LogP contribution in [0.4, 0.5) is 23.4 Å². The van der Waals surface area contributed by atoms with Crippen LogP contribution in [-0.4, -0.2) is 45.0 Å². The molecule has 5 rings (SSSR count). The summed E-state index contributed by atoms with van der Waals surface area (Å²) in [6.45, 7) is -1.50. The van der Waals surface area contributed by atoms with Gasteiger partial charge in [-0.3, -0.25) is 14.3 Å². The number of anilines is 1. The zero-order valence-electron chi connectivity index (χ0n) is 18.9. The molecule has 3 aromatic rings. The van der Waals surface area contributed by atoms with Gasteiger partial charge >= 0.3 is 5.69 Å². The second-order valence-electron chi connectivity index (χ2n) is 9.03. The van der Waals surface area contributed by atoms with Crippen molar-refractivity contribution in [1.29, 1.82) is 5.26 Å². The van der Waals surface area contributed by atoms with Crippen molar-refractivity contribution in [2.24, 2.45) is 5.41 Å². The first kappa shape index (κ1) is 24.8. The van der Waals surface area contributed by atoms with Gasteiger partial charge in [0.2, 0.25) is 18.7 Å². The molecular formula is C23H17ClF4N6O3. The SMILES string of the molecule is N#CCn1c(N2CC3(C2)CC(F)(F)C3)c(-c2ccc(F)c(Cl)c2)c(=O)n(-c2cncc(OCF)n2)c1=O. The minimum atomic E-state index is -2.78. The molecule has 192 valence electrons. The molecule has 1 aromatic carbocycles. The molecule has 1 saturated heterocycles. The normalized spacial score (nSPS) is 17.1. The quantitative estimate of drug-likeness (QED) is 0.445. The third-order valence-electron chi connectivity index (χ3n) is 6.41. The summed E-state index contributed by atoms with van der Waals surface area (Å²) in [7, 11) is 0. The zero-order chi connectivity index (χ0) is 26.5. The molecule has 0 radical (unpaired) electrons. The summed E-state index contributed by atoms with van der Waals surface area (Å²) < 4.78 is 60.1. The number of alkyl halides is 3. The summed E-state index contributed by atoms with van der Waals surface area (Å²) >= 11 is 5.97. The molecule has 0 unspecified atom stereocenters. The molecule has 0 atom stereocenters. The lowest BCUT2D eigenvalue weighted by Crippen LogP contribution is -2.67. The molecule has 2 fully saturated rings. The Bertz CT molecular complexity index is 1550. The van der Waals surface area contributed by atoms with E-state index in [0.29, 0.717) is 4.57 Å². The van der Waals surface area contributed by atoms with Crippen LogP contribution in [0.25, 0.3) is 16.9 Å². The van der Waals surface area contributed by atoms with Gasteiger partial charge in [-0.25, -0.2) is 26.9 Å². The minimum absolute atomic E-state index is 0.0143. The number of nitrogens with zero attached hydrogens (tertiary/aromatic N) is 6. The van der Waals surface area contributed by atoms with Crippen molar-refractivity contribution >= 4 is 17.4 Å². The molecule has 1 saturated carbocycles. The topological polar surface area (TPSA) is 106 Å². The molecule has 0 bridgehead atoms. The van der Waals surface area contributed by atoms with Gasteiger partial charge in [0.15, 0.2) is 5.82 Å². The van der Waals surface area contributed by atoms with Gasteiger partial charge in [0.05, 0.1) is 29.0 Å². The Morgan fingerprint density at radius 3 is 2.54 bits per heavy atom. The average Bonchev–Trinajstić information content (AvgIpc) is 2.80. The molecule has 0 amide bonds. The number of aromatic nitrogens is 4. The number of rotatable bonds is 6. The lowest BCUT2D eigenvalue weighted by molar-refractivity contribution is -0.170. The van der Waals surface area contributed by atoms with E-state index in [1.165, 1.54) is 12.1 Å². The van der Waals surface area contributed by atoms with Gasteiger partial charge in [-0.2, -0.15) is 10.2 Å². The highest BCUT2D eigenvalue weighted by Crippen LogP contribution is 2.57. The predicted molar refractivity (Wildman–Crippen MR) is 123 cm³/mol. The van der Waals surface area contributed by atoms with E-state index in [1.807, 2.05) is 6.07 Å². The molecule has 2 aromatic heterocycles. The number of hydrogen-bond acceptors (Lipinski definition) is 7. The van der Waals surface area contributed by atoms with Crippen LogP contribution in [0.3, 0.4) is 0 Å². The van der Waals surface area contributed by atoms with Gasteiger partial charge in [0.1, 0.15) is 18.2 Å². The summed E-state index contributed by atoms with van der Waals surface area (Å²) in [6, 6.07) is 5.35. The first-order chi connectivity index (χ1) is 17.6. The predicted octanol–water partition coefficient (Wildman–Crippen LogP) is 3.31. The third-order valence-corrected chi connectivity index (χ3v) is 6.70. The maximum Gasteiger partial charge on any atom is 0.339 e. The summed E-state index contributed by atoms with van der Waals surface area (Å²) in [4.78, 5) is 36.7. The summed E-state index contributed by atoms with van der Waals surface area (Å²) in [5, 5.41) is 9.18. The number of ether oxygens (including phenoxy) is 1. The fourth-order valence-corrected chi connectivity index (χ4v) is 5.22. The number of benzene rings is 1. The molecular weight excluding hydrogens is 520 g/mol. The first-order valence-corrected chi connectivity index (χ1v) is 11.3. The largest absolute Gasteiger partial charge is 0.445 e. The van der Waals surface area contributed by atoms with Gasteiger partial charge in [-0.15, -0.1) is 0 Å². The van der Waals surface area contributed by atoms with E-state index < -0.39 is 41.8 Å². The van der Waals surface area contributed by atoms with Crippen molar-refractivity contribution in [2.45, 2.75) is 25.3 Å². The van der Waals surface area contributed by atoms with Crippen LogP contribution in [0.1, 0.15) is 12.8 Å². The van der Waals surface area contributed by atoms with Crippen molar-refractivity contribution in [1.82, 2.24) is 19.1 Å². The molecule has 1 spiro atoms. The van der Waals surface area contributed by atoms with Crippen molar-refractivity contribution in [3.63, 3.8) is 0 Å². The Balaban J connectivity index is 1.75. The van der Waals surface area contributed by atoms with E-state index in [-0.39, 0.29) is 59.6 Å².